The van der Waals surface area contributed by atoms with Gasteiger partial charge < -0.3 is 4.90 Å². The minimum Gasteiger partial charge on any atom is -0.310 e. The Kier molecular flexibility index (Phi) is 6.35. The van der Waals surface area contributed by atoms with Gasteiger partial charge in [-0.1, -0.05) is 174 Å². The Hall–Kier alpha value is -5.31. The molecule has 7 aromatic carbocycles. The molecule has 2 aliphatic rings. The topological polar surface area (TPSA) is 3.24 Å². The lowest BCUT2D eigenvalue weighted by Gasteiger charge is -2.42. The van der Waals surface area contributed by atoms with E-state index in [-0.39, 0.29) is 18.8 Å². The Labute approximate surface area is 292 Å². The maximum Gasteiger partial charge on any atom is 0.240 e. The molecule has 0 amide bonds. The van der Waals surface area contributed by atoms with Gasteiger partial charge in [0.25, 0.3) is 0 Å². The van der Waals surface area contributed by atoms with E-state index in [0.29, 0.717) is 0 Å². The number of para-hydroxylation sites is 2. The van der Waals surface area contributed by atoms with Crippen molar-refractivity contribution in [3.8, 4) is 0 Å². The van der Waals surface area contributed by atoms with E-state index in [1.165, 1.54) is 81.1 Å². The first-order chi connectivity index (χ1) is 24.1. The van der Waals surface area contributed by atoms with Crippen LogP contribution >= 0.6 is 11.3 Å². The highest BCUT2D eigenvalue weighted by Gasteiger charge is 2.39. The van der Waals surface area contributed by atoms with E-state index < -0.39 is 0 Å². The molecular formula is C45H33B2NS. The summed E-state index contributed by atoms with van der Waals surface area (Å²) < 4.78 is 2.65. The Balaban J connectivity index is 1.15. The normalized spacial score (nSPS) is 14.4. The third-order valence-electron chi connectivity index (χ3n) is 11.1. The second-order valence-electron chi connectivity index (χ2n) is 14.1. The Morgan fingerprint density at radius 1 is 0.449 bits per heavy atom. The molecule has 230 valence electrons. The summed E-state index contributed by atoms with van der Waals surface area (Å²) in [6, 6.07) is 61.3. The van der Waals surface area contributed by atoms with E-state index in [0.717, 1.165) is 0 Å². The van der Waals surface area contributed by atoms with Gasteiger partial charge in [-0.3, -0.25) is 0 Å². The fourth-order valence-electron chi connectivity index (χ4n) is 8.82. The van der Waals surface area contributed by atoms with Gasteiger partial charge in [-0.2, -0.15) is 0 Å². The average Bonchev–Trinajstić information content (AvgIpc) is 3.51. The van der Waals surface area contributed by atoms with Crippen LogP contribution in [0.3, 0.4) is 0 Å². The van der Waals surface area contributed by atoms with Crippen molar-refractivity contribution in [1.29, 1.82) is 0 Å². The summed E-state index contributed by atoms with van der Waals surface area (Å²) in [6.45, 7) is 5.09. The van der Waals surface area contributed by atoms with Crippen molar-refractivity contribution in [3.63, 3.8) is 0 Å². The SMILES string of the molecule is CC1(C)c2ccccc2N(c2ccc3sc4ccc(B5c6ccccc6B(c6ccccc6)c6ccccc65)cc4c3c2)c2ccccc21. The maximum absolute atomic E-state index is 2.49. The van der Waals surface area contributed by atoms with Gasteiger partial charge in [0.2, 0.25) is 13.4 Å². The number of hydrogen-bond acceptors (Lipinski definition) is 2. The second-order valence-corrected chi connectivity index (χ2v) is 15.2. The molecule has 8 aromatic rings. The molecule has 2 aliphatic heterocycles. The fraction of sp³-hybridized carbons (Fsp3) is 0.0667. The zero-order valence-corrected chi connectivity index (χ0v) is 28.4. The number of nitrogens with zero attached hydrogens (tertiary/aromatic N) is 1. The van der Waals surface area contributed by atoms with Crippen LogP contribution in [0, 0.1) is 0 Å². The number of thiophene rings is 1. The molecule has 1 aromatic heterocycles. The lowest BCUT2D eigenvalue weighted by Crippen LogP contribution is -2.74. The molecule has 0 radical (unpaired) electrons. The first-order valence-corrected chi connectivity index (χ1v) is 18.1. The van der Waals surface area contributed by atoms with Crippen LogP contribution in [0.4, 0.5) is 17.1 Å². The van der Waals surface area contributed by atoms with Gasteiger partial charge in [0.05, 0.1) is 11.4 Å². The number of fused-ring (bicyclic) bond motifs is 7. The lowest BCUT2D eigenvalue weighted by atomic mass is 9.21. The van der Waals surface area contributed by atoms with Crippen molar-refractivity contribution in [3.05, 3.63) is 175 Å². The van der Waals surface area contributed by atoms with Crippen LogP contribution in [0.15, 0.2) is 164 Å². The van der Waals surface area contributed by atoms with E-state index in [1.54, 1.807) is 0 Å². The Bertz CT molecular complexity index is 2470. The summed E-state index contributed by atoms with van der Waals surface area (Å²) in [6.07, 6.45) is 0. The summed E-state index contributed by atoms with van der Waals surface area (Å²) >= 11 is 1.89. The van der Waals surface area contributed by atoms with E-state index >= 15 is 0 Å². The third kappa shape index (κ3) is 4.27. The predicted molar refractivity (Wildman–Crippen MR) is 215 cm³/mol. The first-order valence-electron chi connectivity index (χ1n) is 17.3. The van der Waals surface area contributed by atoms with Crippen molar-refractivity contribution in [2.24, 2.45) is 0 Å². The summed E-state index contributed by atoms with van der Waals surface area (Å²) in [5.41, 5.74) is 14.7. The average molecular weight is 641 g/mol. The van der Waals surface area contributed by atoms with Gasteiger partial charge in [-0.25, -0.2) is 0 Å². The van der Waals surface area contributed by atoms with Gasteiger partial charge in [-0.05, 0) is 52.9 Å². The minimum atomic E-state index is -0.0795. The number of anilines is 3. The van der Waals surface area contributed by atoms with Gasteiger partial charge in [0.1, 0.15) is 0 Å². The molecule has 0 N–H and O–H groups in total. The second kappa shape index (κ2) is 10.9. The minimum absolute atomic E-state index is 0.0795. The quantitative estimate of drug-likeness (QED) is 0.181. The maximum atomic E-state index is 2.49. The van der Waals surface area contributed by atoms with E-state index in [1.807, 2.05) is 11.3 Å². The lowest BCUT2D eigenvalue weighted by molar-refractivity contribution is 0.632. The summed E-state index contributed by atoms with van der Waals surface area (Å²) in [5, 5.41) is 2.65. The van der Waals surface area contributed by atoms with Gasteiger partial charge in [0.15, 0.2) is 0 Å². The molecule has 0 spiro atoms. The standard InChI is InChI=1S/C45H33B2NS/c1-45(2)35-16-6-12-22-41(35)48(42-23-13-7-17-36(42)45)32-25-27-44-34(29-32)33-28-31(24-26-43(33)49-44)47-39-20-10-8-18-37(39)46(30-14-4-3-5-15-30)38-19-9-11-21-40(38)47/h3-29H,1-2H3. The molecule has 0 atom stereocenters. The van der Waals surface area contributed by atoms with Crippen molar-refractivity contribution in [1.82, 2.24) is 0 Å². The van der Waals surface area contributed by atoms with Crippen LogP contribution in [-0.4, -0.2) is 13.4 Å². The van der Waals surface area contributed by atoms with Crippen LogP contribution in [0.2, 0.25) is 0 Å². The summed E-state index contributed by atoms with van der Waals surface area (Å²) in [7, 11) is 0. The molecule has 0 saturated heterocycles. The molecule has 0 unspecified atom stereocenters. The molecule has 3 heterocycles. The largest absolute Gasteiger partial charge is 0.310 e. The van der Waals surface area contributed by atoms with Crippen molar-refractivity contribution in [2.75, 3.05) is 4.90 Å². The fourth-order valence-corrected chi connectivity index (χ4v) is 9.89. The van der Waals surface area contributed by atoms with Crippen LogP contribution < -0.4 is 37.7 Å². The van der Waals surface area contributed by atoms with Crippen molar-refractivity contribution < 1.29 is 0 Å². The van der Waals surface area contributed by atoms with Gasteiger partial charge in [0, 0.05) is 25.9 Å². The van der Waals surface area contributed by atoms with Gasteiger partial charge >= 0.3 is 0 Å². The molecule has 10 rings (SSSR count). The molecule has 49 heavy (non-hydrogen) atoms. The molecule has 0 bridgehead atoms. The smallest absolute Gasteiger partial charge is 0.240 e. The zero-order valence-electron chi connectivity index (χ0n) is 27.6. The predicted octanol–water partition coefficient (Wildman–Crippen LogP) is 7.51. The van der Waals surface area contributed by atoms with Crippen LogP contribution in [-0.2, 0) is 5.41 Å². The monoisotopic (exact) mass is 641 g/mol. The molecule has 0 aliphatic carbocycles. The zero-order chi connectivity index (χ0) is 32.7. The number of rotatable bonds is 3. The van der Waals surface area contributed by atoms with Gasteiger partial charge in [-0.15, -0.1) is 11.3 Å². The molecule has 1 nitrogen and oxygen atoms in total. The highest BCUT2D eigenvalue weighted by atomic mass is 32.1. The Morgan fingerprint density at radius 2 is 0.918 bits per heavy atom. The van der Waals surface area contributed by atoms with Crippen LogP contribution in [0.5, 0.6) is 0 Å². The van der Waals surface area contributed by atoms with Crippen molar-refractivity contribution in [2.45, 2.75) is 19.3 Å². The van der Waals surface area contributed by atoms with Crippen LogP contribution in [0.25, 0.3) is 20.2 Å². The third-order valence-corrected chi connectivity index (χ3v) is 12.2. The van der Waals surface area contributed by atoms with E-state index in [9.17, 15) is 0 Å². The molecular weight excluding hydrogens is 608 g/mol. The van der Waals surface area contributed by atoms with Crippen molar-refractivity contribution >= 4 is 94.8 Å². The number of benzene rings is 7. The number of hydrogen-bond donors (Lipinski definition) is 0. The van der Waals surface area contributed by atoms with E-state index in [2.05, 4.69) is 183 Å². The molecule has 0 fully saturated rings. The highest BCUT2D eigenvalue weighted by Crippen LogP contribution is 2.52. The Morgan fingerprint density at radius 3 is 1.51 bits per heavy atom. The molecule has 0 saturated carbocycles. The summed E-state index contributed by atoms with van der Waals surface area (Å²) in [5.74, 6) is 0. The van der Waals surface area contributed by atoms with Crippen LogP contribution in [0.1, 0.15) is 25.0 Å². The summed E-state index contributed by atoms with van der Waals surface area (Å²) in [4.78, 5) is 2.47. The highest BCUT2D eigenvalue weighted by molar-refractivity contribution is 7.26. The van der Waals surface area contributed by atoms with E-state index in [4.69, 9.17) is 0 Å². The first kappa shape index (κ1) is 28.7. The molecule has 4 heteroatoms.